The highest BCUT2D eigenvalue weighted by atomic mass is 79.9. The molecule has 16 heavy (non-hydrogen) atoms. The average molecular weight is 286 g/mol. The van der Waals surface area contributed by atoms with Crippen molar-refractivity contribution in [3.63, 3.8) is 0 Å². The summed E-state index contributed by atoms with van der Waals surface area (Å²) in [5.41, 5.74) is 2.45. The number of hydrogen-bond acceptors (Lipinski definition) is 2. The summed E-state index contributed by atoms with van der Waals surface area (Å²) in [6, 6.07) is 4.17. The standard InChI is InChI=1S/C13H20BrNO/c1-9-6-11(14)7-10(12(9)16-5)8-15-13(2,3)4/h6-7,15H,8H2,1-5H3. The van der Waals surface area contributed by atoms with E-state index in [4.69, 9.17) is 4.74 Å². The average Bonchev–Trinajstić information content (AvgIpc) is 2.12. The first kappa shape index (κ1) is 13.5. The molecule has 1 aromatic carbocycles. The molecule has 0 aliphatic heterocycles. The molecule has 0 saturated heterocycles. The van der Waals surface area contributed by atoms with Crippen LogP contribution in [0.15, 0.2) is 16.6 Å². The largest absolute Gasteiger partial charge is 0.496 e. The van der Waals surface area contributed by atoms with Crippen LogP contribution in [0.4, 0.5) is 0 Å². The van der Waals surface area contributed by atoms with Crippen LogP contribution in [-0.2, 0) is 6.54 Å². The Bertz CT molecular complexity index is 369. The van der Waals surface area contributed by atoms with E-state index in [1.54, 1.807) is 7.11 Å². The van der Waals surface area contributed by atoms with Crippen molar-refractivity contribution in [2.75, 3.05) is 7.11 Å². The molecule has 2 nitrogen and oxygen atoms in total. The maximum Gasteiger partial charge on any atom is 0.126 e. The Morgan fingerprint density at radius 3 is 2.44 bits per heavy atom. The van der Waals surface area contributed by atoms with Crippen LogP contribution in [0.5, 0.6) is 5.75 Å². The SMILES string of the molecule is COc1c(C)cc(Br)cc1CNC(C)(C)C. The number of aryl methyl sites for hydroxylation is 1. The van der Waals surface area contributed by atoms with Crippen LogP contribution < -0.4 is 10.1 Å². The molecule has 0 spiro atoms. The van der Waals surface area contributed by atoms with Gasteiger partial charge in [0.2, 0.25) is 0 Å². The summed E-state index contributed by atoms with van der Waals surface area (Å²) < 4.78 is 6.53. The Hall–Kier alpha value is -0.540. The predicted molar refractivity (Wildman–Crippen MR) is 72.0 cm³/mol. The Balaban J connectivity index is 2.94. The molecule has 0 aliphatic rings. The van der Waals surface area contributed by atoms with Gasteiger partial charge in [0.1, 0.15) is 5.75 Å². The van der Waals surface area contributed by atoms with Gasteiger partial charge in [0.05, 0.1) is 7.11 Å². The van der Waals surface area contributed by atoms with E-state index < -0.39 is 0 Å². The van der Waals surface area contributed by atoms with Crippen molar-refractivity contribution in [1.29, 1.82) is 0 Å². The maximum absolute atomic E-state index is 5.44. The molecule has 0 saturated carbocycles. The lowest BCUT2D eigenvalue weighted by Crippen LogP contribution is -2.35. The lowest BCUT2D eigenvalue weighted by Gasteiger charge is -2.22. The van der Waals surface area contributed by atoms with Crippen LogP contribution in [-0.4, -0.2) is 12.6 Å². The molecule has 0 fully saturated rings. The summed E-state index contributed by atoms with van der Waals surface area (Å²) in [6.07, 6.45) is 0. The van der Waals surface area contributed by atoms with E-state index in [1.165, 1.54) is 5.56 Å². The van der Waals surface area contributed by atoms with Crippen molar-refractivity contribution < 1.29 is 4.74 Å². The number of hydrogen-bond donors (Lipinski definition) is 1. The van der Waals surface area contributed by atoms with Gasteiger partial charge in [-0.05, 0) is 45.4 Å². The van der Waals surface area contributed by atoms with Crippen molar-refractivity contribution in [3.05, 3.63) is 27.7 Å². The Morgan fingerprint density at radius 2 is 1.94 bits per heavy atom. The van der Waals surface area contributed by atoms with Gasteiger partial charge in [0.15, 0.2) is 0 Å². The number of benzene rings is 1. The normalized spacial score (nSPS) is 11.6. The van der Waals surface area contributed by atoms with Gasteiger partial charge in [-0.25, -0.2) is 0 Å². The molecule has 0 bridgehead atoms. The van der Waals surface area contributed by atoms with Gasteiger partial charge in [-0.1, -0.05) is 15.9 Å². The molecule has 3 heteroatoms. The third kappa shape index (κ3) is 3.80. The predicted octanol–water partition coefficient (Wildman–Crippen LogP) is 3.65. The van der Waals surface area contributed by atoms with Crippen molar-refractivity contribution in [3.8, 4) is 5.75 Å². The highest BCUT2D eigenvalue weighted by Crippen LogP contribution is 2.28. The minimum atomic E-state index is 0.112. The van der Waals surface area contributed by atoms with Crippen molar-refractivity contribution in [2.45, 2.75) is 39.8 Å². The lowest BCUT2D eigenvalue weighted by molar-refractivity contribution is 0.389. The first-order valence-corrected chi connectivity index (χ1v) is 6.21. The quantitative estimate of drug-likeness (QED) is 0.915. The second-order valence-electron chi connectivity index (χ2n) is 5.02. The Labute approximate surface area is 107 Å². The molecule has 0 aromatic heterocycles. The molecular formula is C13H20BrNO. The van der Waals surface area contributed by atoms with E-state index in [0.717, 1.165) is 22.3 Å². The van der Waals surface area contributed by atoms with E-state index in [9.17, 15) is 0 Å². The fraction of sp³-hybridized carbons (Fsp3) is 0.538. The maximum atomic E-state index is 5.44. The first-order valence-electron chi connectivity index (χ1n) is 5.41. The smallest absolute Gasteiger partial charge is 0.126 e. The molecule has 0 aliphatic carbocycles. The fourth-order valence-electron chi connectivity index (χ4n) is 1.58. The van der Waals surface area contributed by atoms with E-state index in [2.05, 4.69) is 61.1 Å². The number of halogens is 1. The van der Waals surface area contributed by atoms with Gasteiger partial charge in [-0.2, -0.15) is 0 Å². The molecule has 0 unspecified atom stereocenters. The van der Waals surface area contributed by atoms with Crippen LogP contribution in [0.2, 0.25) is 0 Å². The number of methoxy groups -OCH3 is 1. The Morgan fingerprint density at radius 1 is 1.31 bits per heavy atom. The van der Waals surface area contributed by atoms with Crippen molar-refractivity contribution in [1.82, 2.24) is 5.32 Å². The first-order chi connectivity index (χ1) is 7.33. The van der Waals surface area contributed by atoms with Crippen molar-refractivity contribution in [2.24, 2.45) is 0 Å². The summed E-state index contributed by atoms with van der Waals surface area (Å²) in [5, 5.41) is 3.47. The van der Waals surface area contributed by atoms with Crippen LogP contribution in [0.3, 0.4) is 0 Å². The number of ether oxygens (including phenoxy) is 1. The highest BCUT2D eigenvalue weighted by Gasteiger charge is 2.12. The van der Waals surface area contributed by atoms with Gasteiger partial charge >= 0.3 is 0 Å². The van der Waals surface area contributed by atoms with Crippen LogP contribution in [0.1, 0.15) is 31.9 Å². The van der Waals surface area contributed by atoms with E-state index in [1.807, 2.05) is 0 Å². The van der Waals surface area contributed by atoms with Gasteiger partial charge in [0, 0.05) is 22.1 Å². The van der Waals surface area contributed by atoms with E-state index >= 15 is 0 Å². The molecule has 0 amide bonds. The number of nitrogens with one attached hydrogen (secondary N) is 1. The highest BCUT2D eigenvalue weighted by molar-refractivity contribution is 9.10. The summed E-state index contributed by atoms with van der Waals surface area (Å²) in [4.78, 5) is 0. The molecule has 0 radical (unpaired) electrons. The topological polar surface area (TPSA) is 21.3 Å². The van der Waals surface area contributed by atoms with Crippen LogP contribution >= 0.6 is 15.9 Å². The summed E-state index contributed by atoms with van der Waals surface area (Å²) in [6.45, 7) is 9.34. The van der Waals surface area contributed by atoms with Crippen LogP contribution in [0, 0.1) is 6.92 Å². The zero-order valence-electron chi connectivity index (χ0n) is 10.6. The van der Waals surface area contributed by atoms with Gasteiger partial charge in [0.25, 0.3) is 0 Å². The van der Waals surface area contributed by atoms with Crippen LogP contribution in [0.25, 0.3) is 0 Å². The molecular weight excluding hydrogens is 266 g/mol. The molecule has 0 atom stereocenters. The number of rotatable bonds is 3. The summed E-state index contributed by atoms with van der Waals surface area (Å²) in [7, 11) is 1.72. The lowest BCUT2D eigenvalue weighted by atomic mass is 10.1. The minimum Gasteiger partial charge on any atom is -0.496 e. The zero-order chi connectivity index (χ0) is 12.3. The van der Waals surface area contributed by atoms with Gasteiger partial charge in [-0.3, -0.25) is 0 Å². The summed E-state index contributed by atoms with van der Waals surface area (Å²) >= 11 is 3.51. The molecule has 1 rings (SSSR count). The van der Waals surface area contributed by atoms with E-state index in [0.29, 0.717) is 0 Å². The molecule has 1 aromatic rings. The molecule has 90 valence electrons. The monoisotopic (exact) mass is 285 g/mol. The van der Waals surface area contributed by atoms with E-state index in [-0.39, 0.29) is 5.54 Å². The fourth-order valence-corrected chi connectivity index (χ4v) is 2.20. The summed E-state index contributed by atoms with van der Waals surface area (Å²) in [5.74, 6) is 0.972. The Kier molecular flexibility index (Phi) is 4.39. The van der Waals surface area contributed by atoms with Crippen molar-refractivity contribution >= 4 is 15.9 Å². The molecule has 1 N–H and O–H groups in total. The second-order valence-corrected chi connectivity index (χ2v) is 5.93. The zero-order valence-corrected chi connectivity index (χ0v) is 12.2. The van der Waals surface area contributed by atoms with Gasteiger partial charge in [-0.15, -0.1) is 0 Å². The third-order valence-corrected chi connectivity index (χ3v) is 2.79. The second kappa shape index (κ2) is 5.19. The third-order valence-electron chi connectivity index (χ3n) is 2.33. The van der Waals surface area contributed by atoms with Gasteiger partial charge < -0.3 is 10.1 Å². The minimum absolute atomic E-state index is 0.112. The molecule has 0 heterocycles.